The maximum atomic E-state index is 12.4. The van der Waals surface area contributed by atoms with Crippen LogP contribution in [-0.2, 0) is 14.3 Å². The summed E-state index contributed by atoms with van der Waals surface area (Å²) in [5.41, 5.74) is 4.63. The molecule has 0 radical (unpaired) electrons. The summed E-state index contributed by atoms with van der Waals surface area (Å²) in [5, 5.41) is 14.6. The molecule has 7 heteroatoms. The van der Waals surface area contributed by atoms with Gasteiger partial charge in [-0.25, -0.2) is 4.79 Å². The molecule has 2 aromatic carbocycles. The molecular formula is C28H34N2O5. The van der Waals surface area contributed by atoms with Crippen molar-refractivity contribution in [3.8, 4) is 11.1 Å². The number of ether oxygens (including phenoxy) is 1. The maximum Gasteiger partial charge on any atom is 0.407 e. The standard InChI is InChI=1S/C28H34N2O5/c1-28(2,12-11-25(31)30-16-18-15-23(18)26(32)33)13-14-29-27(34)35-17-24-21-9-5-3-7-19(21)20-8-4-6-10-22(20)24/h3-10,18,23-24H,11-17H2,1-2H3,(H,29,34)(H,30,31)(H,32,33)/t18-,23-/m0/s1. The Hall–Kier alpha value is -3.35. The first-order chi connectivity index (χ1) is 16.7. The van der Waals surface area contributed by atoms with Gasteiger partial charge in [0.1, 0.15) is 6.61 Å². The highest BCUT2D eigenvalue weighted by molar-refractivity contribution is 5.79. The molecule has 35 heavy (non-hydrogen) atoms. The first kappa shape index (κ1) is 24.8. The van der Waals surface area contributed by atoms with E-state index in [9.17, 15) is 14.4 Å². The second-order valence-corrected chi connectivity index (χ2v) is 10.4. The van der Waals surface area contributed by atoms with Crippen molar-refractivity contribution in [2.45, 2.75) is 45.4 Å². The molecule has 2 aromatic rings. The Labute approximate surface area is 206 Å². The zero-order valence-corrected chi connectivity index (χ0v) is 20.4. The molecule has 4 rings (SSSR count). The van der Waals surface area contributed by atoms with Crippen LogP contribution in [0.5, 0.6) is 0 Å². The summed E-state index contributed by atoms with van der Waals surface area (Å²) in [5.74, 6) is -1.06. The van der Waals surface area contributed by atoms with Gasteiger partial charge in [-0.1, -0.05) is 62.4 Å². The SMILES string of the molecule is CC(C)(CCNC(=O)OCC1c2ccccc2-c2ccccc21)CCC(=O)NC[C@@H]1C[C@@H]1C(=O)O. The fourth-order valence-electron chi connectivity index (χ4n) is 4.84. The van der Waals surface area contributed by atoms with Crippen LogP contribution >= 0.6 is 0 Å². The minimum absolute atomic E-state index is 0.0320. The molecule has 2 atom stereocenters. The van der Waals surface area contributed by atoms with Crippen molar-refractivity contribution >= 4 is 18.0 Å². The van der Waals surface area contributed by atoms with Gasteiger partial charge in [0.05, 0.1) is 5.92 Å². The number of hydrogen-bond donors (Lipinski definition) is 3. The van der Waals surface area contributed by atoms with E-state index in [2.05, 4.69) is 48.7 Å². The van der Waals surface area contributed by atoms with E-state index in [4.69, 9.17) is 9.84 Å². The van der Waals surface area contributed by atoms with E-state index in [-0.39, 0.29) is 35.7 Å². The van der Waals surface area contributed by atoms with Crippen LogP contribution in [0.2, 0.25) is 0 Å². The number of aliphatic carboxylic acids is 1. The van der Waals surface area contributed by atoms with Gasteiger partial charge in [-0.2, -0.15) is 0 Å². The summed E-state index contributed by atoms with van der Waals surface area (Å²) < 4.78 is 5.58. The highest BCUT2D eigenvalue weighted by Crippen LogP contribution is 2.44. The smallest absolute Gasteiger partial charge is 0.407 e. The van der Waals surface area contributed by atoms with E-state index in [1.165, 1.54) is 22.3 Å². The van der Waals surface area contributed by atoms with Crippen molar-refractivity contribution < 1.29 is 24.2 Å². The summed E-state index contributed by atoms with van der Waals surface area (Å²) in [6, 6.07) is 16.5. The van der Waals surface area contributed by atoms with Crippen LogP contribution in [0.4, 0.5) is 4.79 Å². The molecule has 2 aliphatic rings. The largest absolute Gasteiger partial charge is 0.481 e. The van der Waals surface area contributed by atoms with Crippen LogP contribution in [0.15, 0.2) is 48.5 Å². The summed E-state index contributed by atoms with van der Waals surface area (Å²) in [6.45, 7) is 5.32. The molecular weight excluding hydrogens is 444 g/mol. The van der Waals surface area contributed by atoms with Crippen molar-refractivity contribution in [1.29, 1.82) is 0 Å². The first-order valence-electron chi connectivity index (χ1n) is 12.3. The van der Waals surface area contributed by atoms with Crippen LogP contribution in [0.25, 0.3) is 11.1 Å². The number of amides is 2. The average molecular weight is 479 g/mol. The minimum atomic E-state index is -0.783. The Balaban J connectivity index is 1.16. The van der Waals surface area contributed by atoms with Gasteiger partial charge in [-0.15, -0.1) is 0 Å². The van der Waals surface area contributed by atoms with Gasteiger partial charge >= 0.3 is 12.1 Å². The summed E-state index contributed by atoms with van der Waals surface area (Å²) in [6.07, 6.45) is 1.98. The normalized spacial score (nSPS) is 18.3. The van der Waals surface area contributed by atoms with Gasteiger partial charge in [0.15, 0.2) is 0 Å². The predicted octanol–water partition coefficient (Wildman–Crippen LogP) is 4.56. The molecule has 1 fully saturated rings. The molecule has 0 spiro atoms. The van der Waals surface area contributed by atoms with Crippen LogP contribution in [0.3, 0.4) is 0 Å². The van der Waals surface area contributed by atoms with Crippen molar-refractivity contribution in [2.75, 3.05) is 19.7 Å². The highest BCUT2D eigenvalue weighted by atomic mass is 16.5. The van der Waals surface area contributed by atoms with Crippen molar-refractivity contribution in [2.24, 2.45) is 17.3 Å². The number of hydrogen-bond acceptors (Lipinski definition) is 4. The third kappa shape index (κ3) is 6.21. The van der Waals surface area contributed by atoms with Crippen LogP contribution < -0.4 is 10.6 Å². The number of nitrogens with one attached hydrogen (secondary N) is 2. The van der Waals surface area contributed by atoms with E-state index in [1.54, 1.807) is 0 Å². The lowest BCUT2D eigenvalue weighted by Gasteiger charge is -2.24. The molecule has 7 nitrogen and oxygen atoms in total. The second kappa shape index (κ2) is 10.5. The fraction of sp³-hybridized carbons (Fsp3) is 0.464. The zero-order valence-electron chi connectivity index (χ0n) is 20.4. The summed E-state index contributed by atoms with van der Waals surface area (Å²) in [7, 11) is 0. The molecule has 0 unspecified atom stereocenters. The molecule has 3 N–H and O–H groups in total. The van der Waals surface area contributed by atoms with Gasteiger partial charge in [-0.05, 0) is 52.8 Å². The Morgan fingerprint density at radius 1 is 0.971 bits per heavy atom. The van der Waals surface area contributed by atoms with Gasteiger partial charge < -0.3 is 20.5 Å². The number of alkyl carbamates (subject to hydrolysis) is 1. The summed E-state index contributed by atoms with van der Waals surface area (Å²) >= 11 is 0. The predicted molar refractivity (Wildman–Crippen MR) is 133 cm³/mol. The first-order valence-corrected chi connectivity index (χ1v) is 12.3. The minimum Gasteiger partial charge on any atom is -0.481 e. The van der Waals surface area contributed by atoms with Crippen LogP contribution in [0, 0.1) is 17.3 Å². The lowest BCUT2D eigenvalue weighted by Crippen LogP contribution is -2.31. The molecule has 2 aliphatic carbocycles. The van der Waals surface area contributed by atoms with E-state index in [0.717, 1.165) is 0 Å². The molecule has 0 saturated heterocycles. The Kier molecular flexibility index (Phi) is 7.43. The van der Waals surface area contributed by atoms with Gasteiger partial charge in [0.2, 0.25) is 5.91 Å². The fourth-order valence-corrected chi connectivity index (χ4v) is 4.84. The van der Waals surface area contributed by atoms with E-state index in [0.29, 0.717) is 38.8 Å². The van der Waals surface area contributed by atoms with E-state index in [1.807, 2.05) is 24.3 Å². The van der Waals surface area contributed by atoms with Gasteiger partial charge in [0.25, 0.3) is 0 Å². The highest BCUT2D eigenvalue weighted by Gasteiger charge is 2.43. The second-order valence-electron chi connectivity index (χ2n) is 10.4. The van der Waals surface area contributed by atoms with Crippen LogP contribution in [-0.4, -0.2) is 42.8 Å². The number of carbonyl (C=O) groups is 3. The molecule has 0 aliphatic heterocycles. The van der Waals surface area contributed by atoms with Gasteiger partial charge in [0, 0.05) is 25.4 Å². The van der Waals surface area contributed by atoms with Crippen LogP contribution in [0.1, 0.15) is 56.6 Å². The van der Waals surface area contributed by atoms with Crippen molar-refractivity contribution in [3.05, 3.63) is 59.7 Å². The third-order valence-electron chi connectivity index (χ3n) is 7.24. The third-order valence-corrected chi connectivity index (χ3v) is 7.24. The summed E-state index contributed by atoms with van der Waals surface area (Å²) in [4.78, 5) is 35.4. The van der Waals surface area contributed by atoms with E-state index >= 15 is 0 Å². The molecule has 0 heterocycles. The number of carboxylic acids is 1. The lowest BCUT2D eigenvalue weighted by atomic mass is 9.84. The monoisotopic (exact) mass is 478 g/mol. The van der Waals surface area contributed by atoms with Crippen molar-refractivity contribution in [3.63, 3.8) is 0 Å². The number of benzene rings is 2. The van der Waals surface area contributed by atoms with Gasteiger partial charge in [-0.3, -0.25) is 9.59 Å². The topological polar surface area (TPSA) is 105 Å². The quantitative estimate of drug-likeness (QED) is 0.439. The lowest BCUT2D eigenvalue weighted by molar-refractivity contribution is -0.139. The average Bonchev–Trinajstić information content (AvgIpc) is 3.56. The molecule has 2 amide bonds. The Bertz CT molecular complexity index is 1050. The number of carbonyl (C=O) groups excluding carboxylic acids is 2. The Morgan fingerprint density at radius 2 is 1.60 bits per heavy atom. The van der Waals surface area contributed by atoms with E-state index < -0.39 is 12.1 Å². The number of carboxylic acid groups (broad SMARTS) is 1. The van der Waals surface area contributed by atoms with Crippen molar-refractivity contribution in [1.82, 2.24) is 10.6 Å². The molecule has 0 bridgehead atoms. The number of rotatable bonds is 11. The molecule has 1 saturated carbocycles. The Morgan fingerprint density at radius 3 is 2.20 bits per heavy atom. The zero-order chi connectivity index (χ0) is 25.0. The number of fused-ring (bicyclic) bond motifs is 3. The molecule has 186 valence electrons. The molecule has 0 aromatic heterocycles. The maximum absolute atomic E-state index is 12.4.